The average Bonchev–Trinajstić information content (AvgIpc) is 2.79. The van der Waals surface area contributed by atoms with Crippen molar-refractivity contribution < 1.29 is 4.74 Å². The zero-order chi connectivity index (χ0) is 20.5. The van der Waals surface area contributed by atoms with Gasteiger partial charge in [-0.25, -0.2) is 9.97 Å². The maximum Gasteiger partial charge on any atom is 0.254 e. The Bertz CT molecular complexity index is 1270. The molecule has 1 aromatic carbocycles. The van der Waals surface area contributed by atoms with Crippen molar-refractivity contribution in [2.75, 3.05) is 13.7 Å². The lowest BCUT2D eigenvalue weighted by molar-refractivity contribution is 0.238. The molecule has 1 aliphatic heterocycles. The van der Waals surface area contributed by atoms with Crippen molar-refractivity contribution in [1.82, 2.24) is 24.8 Å². The molecule has 30 heavy (non-hydrogen) atoms. The Morgan fingerprint density at radius 1 is 1.10 bits per heavy atom. The summed E-state index contributed by atoms with van der Waals surface area (Å²) in [4.78, 5) is 31.5. The lowest BCUT2D eigenvalue weighted by Crippen LogP contribution is -2.35. The van der Waals surface area contributed by atoms with Crippen LogP contribution < -0.4 is 10.3 Å². The van der Waals surface area contributed by atoms with Gasteiger partial charge in [0.05, 0.1) is 18.5 Å². The van der Waals surface area contributed by atoms with Gasteiger partial charge in [-0.1, -0.05) is 24.3 Å². The van der Waals surface area contributed by atoms with E-state index in [1.165, 1.54) is 0 Å². The molecule has 0 amide bonds. The van der Waals surface area contributed by atoms with E-state index in [1.54, 1.807) is 13.3 Å². The van der Waals surface area contributed by atoms with Gasteiger partial charge in [-0.15, -0.1) is 0 Å². The van der Waals surface area contributed by atoms with E-state index in [0.29, 0.717) is 31.0 Å². The second-order valence-corrected chi connectivity index (χ2v) is 7.35. The van der Waals surface area contributed by atoms with Gasteiger partial charge in [-0.05, 0) is 30.7 Å². The van der Waals surface area contributed by atoms with Gasteiger partial charge >= 0.3 is 0 Å². The van der Waals surface area contributed by atoms with Crippen LogP contribution in [-0.4, -0.2) is 38.5 Å². The Hall–Kier alpha value is -3.58. The Balaban J connectivity index is 1.42. The average molecular weight is 399 g/mol. The minimum Gasteiger partial charge on any atom is -0.494 e. The lowest BCUT2D eigenvalue weighted by atomic mass is 10.1. The summed E-state index contributed by atoms with van der Waals surface area (Å²) in [5.41, 5.74) is 3.99. The fourth-order valence-electron chi connectivity index (χ4n) is 3.90. The van der Waals surface area contributed by atoms with Crippen LogP contribution in [0, 0.1) is 0 Å². The number of nitrogens with zero attached hydrogens (tertiary/aromatic N) is 4. The number of rotatable bonds is 4. The molecule has 0 saturated carbocycles. The number of para-hydroxylation sites is 1. The van der Waals surface area contributed by atoms with E-state index >= 15 is 0 Å². The zero-order valence-electron chi connectivity index (χ0n) is 16.6. The molecule has 7 nitrogen and oxygen atoms in total. The molecule has 0 saturated heterocycles. The standard InChI is InChI=1S/C23H21N5O2/c1-30-20-7-4-5-15-8-9-16(25-21(15)20)13-28-12-10-17-19(14-28)26-22(27-23(17)29)18-6-2-3-11-24-18/h2-9,11H,10,12-14H2,1H3,(H,26,27,29). The van der Waals surface area contributed by atoms with Crippen molar-refractivity contribution in [1.29, 1.82) is 0 Å². The van der Waals surface area contributed by atoms with Crippen LogP contribution in [-0.2, 0) is 19.5 Å². The van der Waals surface area contributed by atoms with Crippen LogP contribution in [0.2, 0.25) is 0 Å². The number of aromatic amines is 1. The largest absolute Gasteiger partial charge is 0.494 e. The number of benzene rings is 1. The molecule has 4 heterocycles. The molecular weight excluding hydrogens is 378 g/mol. The molecular formula is C23H21N5O2. The van der Waals surface area contributed by atoms with Crippen LogP contribution in [0.25, 0.3) is 22.4 Å². The molecule has 3 aromatic heterocycles. The quantitative estimate of drug-likeness (QED) is 0.568. The van der Waals surface area contributed by atoms with E-state index in [1.807, 2.05) is 42.5 Å². The van der Waals surface area contributed by atoms with Gasteiger partial charge < -0.3 is 9.72 Å². The van der Waals surface area contributed by atoms with Crippen LogP contribution in [0.1, 0.15) is 17.0 Å². The van der Waals surface area contributed by atoms with E-state index in [4.69, 9.17) is 14.7 Å². The van der Waals surface area contributed by atoms with E-state index in [0.717, 1.165) is 40.1 Å². The van der Waals surface area contributed by atoms with Crippen LogP contribution in [0.5, 0.6) is 5.75 Å². The predicted molar refractivity (Wildman–Crippen MR) is 114 cm³/mol. The number of hydrogen-bond donors (Lipinski definition) is 1. The number of aromatic nitrogens is 4. The maximum atomic E-state index is 12.6. The van der Waals surface area contributed by atoms with Crippen LogP contribution in [0.4, 0.5) is 0 Å². The molecule has 0 radical (unpaired) electrons. The van der Waals surface area contributed by atoms with E-state index in [2.05, 4.69) is 20.9 Å². The zero-order valence-corrected chi connectivity index (χ0v) is 16.6. The Kier molecular flexibility index (Phi) is 4.72. The normalized spacial score (nSPS) is 13.9. The number of methoxy groups -OCH3 is 1. The molecule has 1 N–H and O–H groups in total. The summed E-state index contributed by atoms with van der Waals surface area (Å²) in [7, 11) is 1.66. The molecule has 1 aliphatic rings. The van der Waals surface area contributed by atoms with Gasteiger partial charge in [0.2, 0.25) is 0 Å². The highest BCUT2D eigenvalue weighted by atomic mass is 16.5. The first-order chi connectivity index (χ1) is 14.7. The summed E-state index contributed by atoms with van der Waals surface area (Å²) < 4.78 is 5.46. The molecule has 0 atom stereocenters. The van der Waals surface area contributed by atoms with Gasteiger partial charge in [0.15, 0.2) is 5.82 Å². The molecule has 4 aromatic rings. The third-order valence-corrected chi connectivity index (χ3v) is 5.41. The highest BCUT2D eigenvalue weighted by Gasteiger charge is 2.22. The fraction of sp³-hybridized carbons (Fsp3) is 0.217. The SMILES string of the molecule is COc1cccc2ccc(CN3CCc4c(nc(-c5ccccn5)[nH]c4=O)C3)nc12. The second-order valence-electron chi connectivity index (χ2n) is 7.35. The number of fused-ring (bicyclic) bond motifs is 2. The van der Waals surface area contributed by atoms with Crippen molar-refractivity contribution in [3.63, 3.8) is 0 Å². The summed E-state index contributed by atoms with van der Waals surface area (Å²) in [6.07, 6.45) is 2.36. The summed E-state index contributed by atoms with van der Waals surface area (Å²) >= 11 is 0. The lowest BCUT2D eigenvalue weighted by Gasteiger charge is -2.27. The minimum absolute atomic E-state index is 0.0751. The monoisotopic (exact) mass is 399 g/mol. The maximum absolute atomic E-state index is 12.6. The van der Waals surface area contributed by atoms with Gasteiger partial charge in [-0.2, -0.15) is 0 Å². The smallest absolute Gasteiger partial charge is 0.254 e. The molecule has 0 bridgehead atoms. The van der Waals surface area contributed by atoms with Crippen LogP contribution in [0.3, 0.4) is 0 Å². The fourth-order valence-corrected chi connectivity index (χ4v) is 3.90. The first-order valence-electron chi connectivity index (χ1n) is 9.90. The summed E-state index contributed by atoms with van der Waals surface area (Å²) in [6, 6.07) is 15.6. The van der Waals surface area contributed by atoms with E-state index < -0.39 is 0 Å². The van der Waals surface area contributed by atoms with Crippen molar-refractivity contribution in [3.8, 4) is 17.3 Å². The number of pyridine rings is 2. The minimum atomic E-state index is -0.0751. The second kappa shape index (κ2) is 7.68. The summed E-state index contributed by atoms with van der Waals surface area (Å²) in [5.74, 6) is 1.28. The molecule has 5 rings (SSSR count). The Labute approximate surface area is 173 Å². The molecule has 0 fully saturated rings. The third kappa shape index (κ3) is 3.44. The molecule has 0 aliphatic carbocycles. The highest BCUT2D eigenvalue weighted by Crippen LogP contribution is 2.25. The van der Waals surface area contributed by atoms with Gasteiger partial charge in [0, 0.05) is 36.8 Å². The molecule has 0 spiro atoms. The number of hydrogen-bond acceptors (Lipinski definition) is 6. The highest BCUT2D eigenvalue weighted by molar-refractivity contribution is 5.84. The molecule has 150 valence electrons. The van der Waals surface area contributed by atoms with E-state index in [9.17, 15) is 4.79 Å². The Morgan fingerprint density at radius 2 is 2.03 bits per heavy atom. The van der Waals surface area contributed by atoms with Gasteiger partial charge in [0.25, 0.3) is 5.56 Å². The van der Waals surface area contributed by atoms with Crippen molar-refractivity contribution in [2.24, 2.45) is 0 Å². The third-order valence-electron chi connectivity index (χ3n) is 5.41. The van der Waals surface area contributed by atoms with Crippen molar-refractivity contribution in [3.05, 3.63) is 82.0 Å². The van der Waals surface area contributed by atoms with Crippen molar-refractivity contribution in [2.45, 2.75) is 19.5 Å². The number of H-pyrrole nitrogens is 1. The van der Waals surface area contributed by atoms with Gasteiger partial charge in [-0.3, -0.25) is 14.7 Å². The number of nitrogens with one attached hydrogen (secondary N) is 1. The molecule has 7 heteroatoms. The Morgan fingerprint density at radius 3 is 2.87 bits per heavy atom. The van der Waals surface area contributed by atoms with Gasteiger partial charge in [0.1, 0.15) is 17.0 Å². The van der Waals surface area contributed by atoms with Crippen LogP contribution >= 0.6 is 0 Å². The van der Waals surface area contributed by atoms with E-state index in [-0.39, 0.29) is 5.56 Å². The van der Waals surface area contributed by atoms with Crippen molar-refractivity contribution >= 4 is 10.9 Å². The first-order valence-corrected chi connectivity index (χ1v) is 9.90. The topological polar surface area (TPSA) is 84.0 Å². The summed E-state index contributed by atoms with van der Waals surface area (Å²) in [5, 5.41) is 1.05. The number of ether oxygens (including phenoxy) is 1. The first kappa shape index (κ1) is 18.4. The molecule has 0 unspecified atom stereocenters. The predicted octanol–water partition coefficient (Wildman–Crippen LogP) is 2.95. The van der Waals surface area contributed by atoms with Crippen LogP contribution in [0.15, 0.2) is 59.5 Å². The summed E-state index contributed by atoms with van der Waals surface area (Å²) in [6.45, 7) is 2.07.